The summed E-state index contributed by atoms with van der Waals surface area (Å²) in [7, 11) is 0. The highest BCUT2D eigenvalue weighted by Gasteiger charge is 2.09. The van der Waals surface area contributed by atoms with Gasteiger partial charge in [0, 0.05) is 19.5 Å². The van der Waals surface area contributed by atoms with Crippen molar-refractivity contribution in [1.82, 2.24) is 4.90 Å². The van der Waals surface area contributed by atoms with Crippen LogP contribution in [0.5, 0.6) is 0 Å². The molecule has 0 aliphatic rings. The summed E-state index contributed by atoms with van der Waals surface area (Å²) in [6.45, 7) is 5.48. The van der Waals surface area contributed by atoms with Crippen LogP contribution in [0, 0.1) is 11.3 Å². The van der Waals surface area contributed by atoms with E-state index in [1.807, 2.05) is 6.92 Å². The summed E-state index contributed by atoms with van der Waals surface area (Å²) in [4.78, 5) is 13.6. The van der Waals surface area contributed by atoms with E-state index < -0.39 is 0 Å². The number of unbranched alkanes of at least 4 members (excludes halogenated alkanes) is 5. The van der Waals surface area contributed by atoms with Crippen molar-refractivity contribution in [2.75, 3.05) is 13.1 Å². The Hall–Kier alpha value is -1.04. The Morgan fingerprint density at radius 3 is 2.35 bits per heavy atom. The van der Waals surface area contributed by atoms with Crippen LogP contribution >= 0.6 is 0 Å². The summed E-state index contributed by atoms with van der Waals surface area (Å²) >= 11 is 0. The molecule has 0 aromatic heterocycles. The van der Waals surface area contributed by atoms with E-state index in [9.17, 15) is 4.79 Å². The monoisotopic (exact) mass is 238 g/mol. The molecule has 17 heavy (non-hydrogen) atoms. The van der Waals surface area contributed by atoms with E-state index in [1.54, 1.807) is 4.90 Å². The summed E-state index contributed by atoms with van der Waals surface area (Å²) in [5.41, 5.74) is 0. The smallest absolute Gasteiger partial charge is 0.222 e. The van der Waals surface area contributed by atoms with Crippen molar-refractivity contribution < 1.29 is 4.79 Å². The zero-order chi connectivity index (χ0) is 12.9. The highest BCUT2D eigenvalue weighted by atomic mass is 16.2. The molecule has 0 saturated carbocycles. The Kier molecular flexibility index (Phi) is 10.7. The van der Waals surface area contributed by atoms with Crippen LogP contribution in [0.1, 0.15) is 65.2 Å². The highest BCUT2D eigenvalue weighted by Crippen LogP contribution is 2.08. The number of hydrogen-bond acceptors (Lipinski definition) is 2. The molecule has 0 spiro atoms. The third-order valence-electron chi connectivity index (χ3n) is 2.97. The van der Waals surface area contributed by atoms with Gasteiger partial charge in [-0.05, 0) is 13.3 Å². The van der Waals surface area contributed by atoms with Gasteiger partial charge >= 0.3 is 0 Å². The second kappa shape index (κ2) is 11.4. The minimum atomic E-state index is 0.207. The van der Waals surface area contributed by atoms with Gasteiger partial charge in [-0.2, -0.15) is 5.26 Å². The van der Waals surface area contributed by atoms with Crippen molar-refractivity contribution in [1.29, 1.82) is 5.26 Å². The lowest BCUT2D eigenvalue weighted by Crippen LogP contribution is -2.31. The van der Waals surface area contributed by atoms with Crippen molar-refractivity contribution in [2.24, 2.45) is 0 Å². The average molecular weight is 238 g/mol. The molecule has 3 nitrogen and oxygen atoms in total. The van der Waals surface area contributed by atoms with E-state index in [0.717, 1.165) is 19.4 Å². The minimum absolute atomic E-state index is 0.207. The van der Waals surface area contributed by atoms with Crippen LogP contribution in [0.25, 0.3) is 0 Å². The Balaban J connectivity index is 3.58. The van der Waals surface area contributed by atoms with Crippen LogP contribution in [0.15, 0.2) is 0 Å². The lowest BCUT2D eigenvalue weighted by molar-refractivity contribution is -0.131. The van der Waals surface area contributed by atoms with Gasteiger partial charge in [-0.25, -0.2) is 0 Å². The molecule has 0 bridgehead atoms. The first-order valence-electron chi connectivity index (χ1n) is 6.91. The molecule has 0 rings (SSSR count). The number of carbonyl (C=O) groups is 1. The molecule has 0 fully saturated rings. The maximum Gasteiger partial charge on any atom is 0.222 e. The summed E-state index contributed by atoms with van der Waals surface area (Å²) in [6, 6.07) is 2.08. The molecule has 0 heterocycles. The number of carbonyl (C=O) groups excluding carboxylic acids is 1. The summed E-state index contributed by atoms with van der Waals surface area (Å²) < 4.78 is 0. The molecule has 0 atom stereocenters. The van der Waals surface area contributed by atoms with Crippen LogP contribution in [0.2, 0.25) is 0 Å². The van der Waals surface area contributed by atoms with Gasteiger partial charge in [0.2, 0.25) is 5.91 Å². The molecule has 0 saturated heterocycles. The molecule has 0 aromatic rings. The second-order valence-corrected chi connectivity index (χ2v) is 4.40. The topological polar surface area (TPSA) is 44.1 Å². The molecule has 98 valence electrons. The molecule has 0 radical (unpaired) electrons. The van der Waals surface area contributed by atoms with Crippen molar-refractivity contribution in [3.05, 3.63) is 0 Å². The van der Waals surface area contributed by atoms with Crippen LogP contribution in [0.3, 0.4) is 0 Å². The van der Waals surface area contributed by atoms with Gasteiger partial charge in [-0.15, -0.1) is 0 Å². The summed E-state index contributed by atoms with van der Waals surface area (Å²) in [6.07, 6.45) is 8.32. The van der Waals surface area contributed by atoms with Crippen LogP contribution < -0.4 is 0 Å². The number of amides is 1. The van der Waals surface area contributed by atoms with E-state index in [-0.39, 0.29) is 5.91 Å². The first kappa shape index (κ1) is 16.0. The maximum atomic E-state index is 11.8. The van der Waals surface area contributed by atoms with Gasteiger partial charge in [0.05, 0.1) is 12.5 Å². The first-order chi connectivity index (χ1) is 8.26. The molecule has 0 N–H and O–H groups in total. The van der Waals surface area contributed by atoms with Crippen LogP contribution in [-0.4, -0.2) is 23.9 Å². The average Bonchev–Trinajstić information content (AvgIpc) is 2.34. The van der Waals surface area contributed by atoms with E-state index in [4.69, 9.17) is 5.26 Å². The van der Waals surface area contributed by atoms with Crippen LogP contribution in [-0.2, 0) is 4.79 Å². The Morgan fingerprint density at radius 1 is 1.12 bits per heavy atom. The zero-order valence-corrected chi connectivity index (χ0v) is 11.4. The van der Waals surface area contributed by atoms with E-state index in [2.05, 4.69) is 13.0 Å². The standard InChI is InChI=1S/C14H26N2O/c1-3-5-6-7-8-9-11-14(17)16(4-2)13-10-12-15/h3-11,13H2,1-2H3. The van der Waals surface area contributed by atoms with Gasteiger partial charge in [-0.1, -0.05) is 39.0 Å². The SMILES string of the molecule is CCCCCCCCC(=O)N(CC)CCC#N. The fraction of sp³-hybridized carbons (Fsp3) is 0.857. The van der Waals surface area contributed by atoms with Gasteiger partial charge in [0.1, 0.15) is 0 Å². The Bertz CT molecular complexity index is 233. The van der Waals surface area contributed by atoms with E-state index in [0.29, 0.717) is 19.4 Å². The molecular weight excluding hydrogens is 212 g/mol. The maximum absolute atomic E-state index is 11.8. The Labute approximate surface area is 106 Å². The summed E-state index contributed by atoms with van der Waals surface area (Å²) in [5.74, 6) is 0.207. The third-order valence-corrected chi connectivity index (χ3v) is 2.97. The minimum Gasteiger partial charge on any atom is -0.342 e. The van der Waals surface area contributed by atoms with Gasteiger partial charge in [-0.3, -0.25) is 4.79 Å². The molecular formula is C14H26N2O. The van der Waals surface area contributed by atoms with Crippen molar-refractivity contribution in [3.63, 3.8) is 0 Å². The third kappa shape index (κ3) is 8.74. The van der Waals surface area contributed by atoms with Gasteiger partial charge in [0.15, 0.2) is 0 Å². The molecule has 3 heteroatoms. The molecule has 0 aliphatic heterocycles. The fourth-order valence-corrected chi connectivity index (χ4v) is 1.86. The molecule has 0 unspecified atom stereocenters. The lowest BCUT2D eigenvalue weighted by Gasteiger charge is -2.19. The van der Waals surface area contributed by atoms with Crippen molar-refractivity contribution in [3.8, 4) is 6.07 Å². The fourth-order valence-electron chi connectivity index (χ4n) is 1.86. The Morgan fingerprint density at radius 2 is 1.76 bits per heavy atom. The van der Waals surface area contributed by atoms with Gasteiger partial charge < -0.3 is 4.90 Å². The first-order valence-corrected chi connectivity index (χ1v) is 6.91. The predicted molar refractivity (Wildman–Crippen MR) is 70.5 cm³/mol. The van der Waals surface area contributed by atoms with Crippen molar-refractivity contribution >= 4 is 5.91 Å². The van der Waals surface area contributed by atoms with Crippen molar-refractivity contribution in [2.45, 2.75) is 65.2 Å². The highest BCUT2D eigenvalue weighted by molar-refractivity contribution is 5.76. The van der Waals surface area contributed by atoms with Crippen LogP contribution in [0.4, 0.5) is 0 Å². The van der Waals surface area contributed by atoms with E-state index in [1.165, 1.54) is 25.7 Å². The van der Waals surface area contributed by atoms with Gasteiger partial charge in [0.25, 0.3) is 0 Å². The molecule has 0 aliphatic carbocycles. The zero-order valence-electron chi connectivity index (χ0n) is 11.4. The number of nitriles is 1. The molecule has 0 aromatic carbocycles. The number of hydrogen-bond donors (Lipinski definition) is 0. The normalized spacial score (nSPS) is 9.94. The second-order valence-electron chi connectivity index (χ2n) is 4.40. The largest absolute Gasteiger partial charge is 0.342 e. The predicted octanol–water partition coefficient (Wildman–Crippen LogP) is 3.50. The quantitative estimate of drug-likeness (QED) is 0.547. The number of rotatable bonds is 10. The lowest BCUT2D eigenvalue weighted by atomic mass is 10.1. The number of nitrogens with zero attached hydrogens (tertiary/aromatic N) is 2. The van der Waals surface area contributed by atoms with E-state index >= 15 is 0 Å². The molecule has 1 amide bonds. The summed E-state index contributed by atoms with van der Waals surface area (Å²) in [5, 5.41) is 8.50.